The van der Waals surface area contributed by atoms with E-state index in [4.69, 9.17) is 15.4 Å². The third kappa shape index (κ3) is 2.49. The van der Waals surface area contributed by atoms with Crippen LogP contribution >= 0.6 is 0 Å². The molecule has 1 aromatic rings. The predicted octanol–water partition coefficient (Wildman–Crippen LogP) is 1.36. The van der Waals surface area contributed by atoms with E-state index in [1.54, 1.807) is 0 Å². The Morgan fingerprint density at radius 1 is 1.27 bits per heavy atom. The summed E-state index contributed by atoms with van der Waals surface area (Å²) >= 11 is 0. The van der Waals surface area contributed by atoms with Gasteiger partial charge in [-0.1, -0.05) is 18.2 Å². The molecule has 0 aromatic heterocycles. The summed E-state index contributed by atoms with van der Waals surface area (Å²) in [6.07, 6.45) is 3.76. The summed E-state index contributed by atoms with van der Waals surface area (Å²) in [6.45, 7) is 1.61. The van der Waals surface area contributed by atoms with Gasteiger partial charge in [0.1, 0.15) is 13.2 Å². The van der Waals surface area contributed by atoms with Crippen molar-refractivity contribution in [2.45, 2.75) is 0 Å². The SMILES string of the molecule is NOC/C=C/c1ccc2c(c1)OCCO2. The lowest BCUT2D eigenvalue weighted by Crippen LogP contribution is -2.15. The molecule has 0 aliphatic carbocycles. The highest BCUT2D eigenvalue weighted by molar-refractivity contribution is 5.56. The van der Waals surface area contributed by atoms with E-state index in [-0.39, 0.29) is 0 Å². The van der Waals surface area contributed by atoms with Gasteiger partial charge in [0.25, 0.3) is 0 Å². The highest BCUT2D eigenvalue weighted by atomic mass is 16.6. The number of fused-ring (bicyclic) bond motifs is 1. The predicted molar refractivity (Wildman–Crippen MR) is 56.6 cm³/mol. The second-order valence-electron chi connectivity index (χ2n) is 3.14. The quantitative estimate of drug-likeness (QED) is 0.760. The summed E-state index contributed by atoms with van der Waals surface area (Å²) in [5, 5.41) is 0. The number of hydrogen-bond donors (Lipinski definition) is 1. The zero-order chi connectivity index (χ0) is 10.5. The third-order valence-electron chi connectivity index (χ3n) is 2.07. The van der Waals surface area contributed by atoms with Crippen LogP contribution in [0.15, 0.2) is 24.3 Å². The second-order valence-corrected chi connectivity index (χ2v) is 3.14. The fraction of sp³-hybridized carbons (Fsp3) is 0.273. The highest BCUT2D eigenvalue weighted by Gasteiger charge is 2.10. The maximum atomic E-state index is 5.46. The summed E-state index contributed by atoms with van der Waals surface area (Å²) in [4.78, 5) is 4.43. The molecule has 4 nitrogen and oxygen atoms in total. The summed E-state index contributed by atoms with van der Waals surface area (Å²) in [6, 6.07) is 5.79. The lowest BCUT2D eigenvalue weighted by atomic mass is 10.2. The van der Waals surface area contributed by atoms with Gasteiger partial charge in [-0.05, 0) is 17.7 Å². The number of benzene rings is 1. The molecule has 0 saturated heterocycles. The molecule has 15 heavy (non-hydrogen) atoms. The largest absolute Gasteiger partial charge is 0.486 e. The van der Waals surface area contributed by atoms with E-state index in [9.17, 15) is 0 Å². The molecule has 1 aromatic carbocycles. The lowest BCUT2D eigenvalue weighted by molar-refractivity contribution is 0.168. The Bertz CT molecular complexity index is 363. The summed E-state index contributed by atoms with van der Waals surface area (Å²) < 4.78 is 10.9. The molecule has 0 fully saturated rings. The molecule has 0 unspecified atom stereocenters. The van der Waals surface area contributed by atoms with Crippen LogP contribution in [-0.4, -0.2) is 19.8 Å². The van der Waals surface area contributed by atoms with Gasteiger partial charge in [0.15, 0.2) is 11.5 Å². The van der Waals surface area contributed by atoms with Crippen LogP contribution in [0.5, 0.6) is 11.5 Å². The molecule has 0 amide bonds. The fourth-order valence-corrected chi connectivity index (χ4v) is 1.40. The standard InChI is InChI=1S/C11H13NO3/c12-15-5-1-2-9-3-4-10-11(8-9)14-7-6-13-10/h1-4,8H,5-7,12H2/b2-1+. The first-order valence-corrected chi connectivity index (χ1v) is 4.78. The van der Waals surface area contributed by atoms with Crippen LogP contribution in [0.25, 0.3) is 6.08 Å². The average Bonchev–Trinajstić information content (AvgIpc) is 2.29. The van der Waals surface area contributed by atoms with Crippen LogP contribution in [0.1, 0.15) is 5.56 Å². The number of rotatable bonds is 3. The molecule has 1 aliphatic rings. The van der Waals surface area contributed by atoms with Crippen molar-refractivity contribution in [3.8, 4) is 11.5 Å². The van der Waals surface area contributed by atoms with E-state index >= 15 is 0 Å². The fourth-order valence-electron chi connectivity index (χ4n) is 1.40. The van der Waals surface area contributed by atoms with Gasteiger partial charge < -0.3 is 14.3 Å². The van der Waals surface area contributed by atoms with Crippen LogP contribution in [-0.2, 0) is 4.84 Å². The van der Waals surface area contributed by atoms with Crippen molar-refractivity contribution in [2.75, 3.05) is 19.8 Å². The van der Waals surface area contributed by atoms with E-state index in [2.05, 4.69) is 4.84 Å². The van der Waals surface area contributed by atoms with Gasteiger partial charge in [-0.25, -0.2) is 5.90 Å². The molecule has 0 spiro atoms. The molecule has 0 saturated carbocycles. The zero-order valence-electron chi connectivity index (χ0n) is 8.31. The van der Waals surface area contributed by atoms with Crippen LogP contribution < -0.4 is 15.4 Å². The van der Waals surface area contributed by atoms with E-state index in [1.807, 2.05) is 30.4 Å². The Labute approximate surface area is 88.2 Å². The topological polar surface area (TPSA) is 53.7 Å². The van der Waals surface area contributed by atoms with Gasteiger partial charge in [-0.3, -0.25) is 0 Å². The average molecular weight is 207 g/mol. The minimum Gasteiger partial charge on any atom is -0.486 e. The van der Waals surface area contributed by atoms with Gasteiger partial charge in [0, 0.05) is 0 Å². The molecule has 1 heterocycles. The molecule has 2 N–H and O–H groups in total. The normalized spacial score (nSPS) is 14.5. The molecule has 2 rings (SSSR count). The minimum atomic E-state index is 0.397. The third-order valence-corrected chi connectivity index (χ3v) is 2.07. The molecule has 0 atom stereocenters. The molecule has 0 bridgehead atoms. The first-order valence-electron chi connectivity index (χ1n) is 4.78. The van der Waals surface area contributed by atoms with Gasteiger partial charge in [-0.2, -0.15) is 0 Å². The van der Waals surface area contributed by atoms with Crippen molar-refractivity contribution in [1.82, 2.24) is 0 Å². The van der Waals surface area contributed by atoms with Gasteiger partial charge in [-0.15, -0.1) is 0 Å². The number of hydrogen-bond acceptors (Lipinski definition) is 4. The molecule has 80 valence electrons. The Morgan fingerprint density at radius 3 is 2.87 bits per heavy atom. The van der Waals surface area contributed by atoms with Crippen molar-refractivity contribution in [3.63, 3.8) is 0 Å². The van der Waals surface area contributed by atoms with Crippen molar-refractivity contribution >= 4 is 6.08 Å². The van der Waals surface area contributed by atoms with Crippen molar-refractivity contribution in [2.24, 2.45) is 5.90 Å². The molecular weight excluding hydrogens is 194 g/mol. The maximum absolute atomic E-state index is 5.46. The minimum absolute atomic E-state index is 0.397. The Balaban J connectivity index is 2.13. The van der Waals surface area contributed by atoms with Crippen molar-refractivity contribution < 1.29 is 14.3 Å². The van der Waals surface area contributed by atoms with E-state index in [0.29, 0.717) is 19.8 Å². The van der Waals surface area contributed by atoms with Crippen LogP contribution in [0.3, 0.4) is 0 Å². The van der Waals surface area contributed by atoms with Gasteiger partial charge in [0.05, 0.1) is 6.61 Å². The van der Waals surface area contributed by atoms with Crippen LogP contribution in [0, 0.1) is 0 Å². The first-order chi connectivity index (χ1) is 7.40. The van der Waals surface area contributed by atoms with Crippen molar-refractivity contribution in [3.05, 3.63) is 29.8 Å². The van der Waals surface area contributed by atoms with Gasteiger partial charge in [0.2, 0.25) is 0 Å². The first kappa shape index (κ1) is 10.0. The maximum Gasteiger partial charge on any atom is 0.161 e. The zero-order valence-corrected chi connectivity index (χ0v) is 8.31. The van der Waals surface area contributed by atoms with Crippen molar-refractivity contribution in [1.29, 1.82) is 0 Å². The van der Waals surface area contributed by atoms with Gasteiger partial charge >= 0.3 is 0 Å². The van der Waals surface area contributed by atoms with E-state index in [0.717, 1.165) is 17.1 Å². The smallest absolute Gasteiger partial charge is 0.161 e. The van der Waals surface area contributed by atoms with E-state index in [1.165, 1.54) is 0 Å². The molecule has 1 aliphatic heterocycles. The Hall–Kier alpha value is -1.52. The lowest BCUT2D eigenvalue weighted by Gasteiger charge is -2.18. The summed E-state index contributed by atoms with van der Waals surface area (Å²) in [7, 11) is 0. The molecule has 0 radical (unpaired) electrons. The number of ether oxygens (including phenoxy) is 2. The summed E-state index contributed by atoms with van der Waals surface area (Å²) in [5.74, 6) is 6.50. The Kier molecular flexibility index (Phi) is 3.22. The molecular formula is C11H13NO3. The molecule has 4 heteroatoms. The second kappa shape index (κ2) is 4.82. The van der Waals surface area contributed by atoms with E-state index < -0.39 is 0 Å². The monoisotopic (exact) mass is 207 g/mol. The van der Waals surface area contributed by atoms with Crippen LogP contribution in [0.2, 0.25) is 0 Å². The van der Waals surface area contributed by atoms with Crippen LogP contribution in [0.4, 0.5) is 0 Å². The summed E-state index contributed by atoms with van der Waals surface area (Å²) in [5.41, 5.74) is 1.04. The Morgan fingerprint density at radius 2 is 2.07 bits per heavy atom. The highest BCUT2D eigenvalue weighted by Crippen LogP contribution is 2.30. The number of nitrogens with two attached hydrogens (primary N) is 1.